The van der Waals surface area contributed by atoms with Gasteiger partial charge in [0.2, 0.25) is 0 Å². The van der Waals surface area contributed by atoms with Crippen LogP contribution in [0.15, 0.2) is 24.5 Å². The van der Waals surface area contributed by atoms with Crippen molar-refractivity contribution in [2.75, 3.05) is 6.54 Å². The lowest BCUT2D eigenvalue weighted by atomic mass is 9.68. The molecule has 0 aliphatic heterocycles. The number of nitrogens with two attached hydrogens (primary N) is 1. The van der Waals surface area contributed by atoms with E-state index in [-0.39, 0.29) is 10.9 Å². The van der Waals surface area contributed by atoms with Gasteiger partial charge in [-0.05, 0) is 25.0 Å². The van der Waals surface area contributed by atoms with Crippen molar-refractivity contribution in [3.05, 3.63) is 35.9 Å². The molecule has 102 valence electrons. The summed E-state index contributed by atoms with van der Waals surface area (Å²) in [6.07, 6.45) is 1.38. The number of fused-ring (bicyclic) bond motifs is 1. The van der Waals surface area contributed by atoms with Gasteiger partial charge in [0, 0.05) is 18.2 Å². The maximum absolute atomic E-state index is 12.9. The van der Waals surface area contributed by atoms with Gasteiger partial charge in [0.1, 0.15) is 5.82 Å². The molecular weight excluding hydrogens is 255 g/mol. The lowest BCUT2D eigenvalue weighted by Crippen LogP contribution is -2.43. The average molecular weight is 269 g/mol. The number of imidazole rings is 1. The first-order chi connectivity index (χ1) is 8.98. The summed E-state index contributed by atoms with van der Waals surface area (Å²) in [5.41, 5.74) is 5.00. The Morgan fingerprint density at radius 1 is 1.37 bits per heavy atom. The molecule has 6 heteroatoms. The Balaban J connectivity index is 2.20. The predicted molar refractivity (Wildman–Crippen MR) is 64.8 cm³/mol. The molecule has 0 bridgehead atoms. The summed E-state index contributed by atoms with van der Waals surface area (Å²) >= 11 is 0. The van der Waals surface area contributed by atoms with Crippen LogP contribution < -0.4 is 5.73 Å². The maximum atomic E-state index is 12.9. The van der Waals surface area contributed by atoms with Gasteiger partial charge in [0.05, 0.1) is 17.3 Å². The van der Waals surface area contributed by atoms with E-state index >= 15 is 0 Å². The Morgan fingerprint density at radius 2 is 2.11 bits per heavy atom. The first kappa shape index (κ1) is 12.5. The first-order valence-electron chi connectivity index (χ1n) is 6.22. The van der Waals surface area contributed by atoms with Crippen molar-refractivity contribution in [3.8, 4) is 0 Å². The Bertz CT molecular complexity index is 606. The van der Waals surface area contributed by atoms with E-state index in [9.17, 15) is 13.2 Å². The fourth-order valence-corrected chi connectivity index (χ4v) is 2.78. The molecule has 2 aromatic heterocycles. The van der Waals surface area contributed by atoms with Crippen LogP contribution in [0.4, 0.5) is 13.2 Å². The lowest BCUT2D eigenvalue weighted by molar-refractivity contribution is -0.136. The number of aromatic nitrogens is 2. The van der Waals surface area contributed by atoms with E-state index < -0.39 is 11.7 Å². The van der Waals surface area contributed by atoms with Crippen molar-refractivity contribution in [1.29, 1.82) is 0 Å². The summed E-state index contributed by atoms with van der Waals surface area (Å²) < 4.78 is 40.3. The van der Waals surface area contributed by atoms with Crippen LogP contribution >= 0.6 is 0 Å². The predicted octanol–water partition coefficient (Wildman–Crippen LogP) is 2.73. The molecule has 1 aliphatic rings. The highest BCUT2D eigenvalue weighted by atomic mass is 19.4. The lowest BCUT2D eigenvalue weighted by Gasteiger charge is -2.39. The van der Waals surface area contributed by atoms with Crippen LogP contribution in [0, 0.1) is 0 Å². The highest BCUT2D eigenvalue weighted by Crippen LogP contribution is 2.43. The molecule has 3 nitrogen and oxygen atoms in total. The zero-order valence-electron chi connectivity index (χ0n) is 10.2. The van der Waals surface area contributed by atoms with Gasteiger partial charge in [0.25, 0.3) is 0 Å². The molecule has 0 aromatic carbocycles. The van der Waals surface area contributed by atoms with Crippen molar-refractivity contribution < 1.29 is 13.2 Å². The summed E-state index contributed by atoms with van der Waals surface area (Å²) in [4.78, 5) is 4.22. The van der Waals surface area contributed by atoms with Gasteiger partial charge >= 0.3 is 6.18 Å². The van der Waals surface area contributed by atoms with Crippen molar-refractivity contribution in [1.82, 2.24) is 9.38 Å². The van der Waals surface area contributed by atoms with Gasteiger partial charge in [-0.3, -0.25) is 0 Å². The molecule has 0 amide bonds. The molecule has 0 radical (unpaired) electrons. The highest BCUT2D eigenvalue weighted by molar-refractivity contribution is 5.56. The van der Waals surface area contributed by atoms with Crippen LogP contribution in [0.25, 0.3) is 5.52 Å². The van der Waals surface area contributed by atoms with Crippen molar-refractivity contribution >= 4 is 5.52 Å². The molecule has 1 aliphatic carbocycles. The summed E-state index contributed by atoms with van der Waals surface area (Å²) in [5, 5.41) is 0. The Labute approximate surface area is 108 Å². The molecule has 0 atom stereocenters. The van der Waals surface area contributed by atoms with Gasteiger partial charge < -0.3 is 10.1 Å². The Kier molecular flexibility index (Phi) is 2.60. The van der Waals surface area contributed by atoms with E-state index in [1.54, 1.807) is 6.20 Å². The molecule has 2 aromatic rings. The summed E-state index contributed by atoms with van der Waals surface area (Å²) in [6.45, 7) is 0.419. The third-order valence-electron chi connectivity index (χ3n) is 4.05. The minimum atomic E-state index is -4.37. The summed E-state index contributed by atoms with van der Waals surface area (Å²) in [5.74, 6) is 0.655. The monoisotopic (exact) mass is 269 g/mol. The molecule has 0 saturated heterocycles. The fourth-order valence-electron chi connectivity index (χ4n) is 2.78. The van der Waals surface area contributed by atoms with E-state index in [4.69, 9.17) is 5.73 Å². The van der Waals surface area contributed by atoms with Crippen LogP contribution in [0.2, 0.25) is 0 Å². The molecular formula is C13H14F3N3. The van der Waals surface area contributed by atoms with Crippen LogP contribution in [0.5, 0.6) is 0 Å². The average Bonchev–Trinajstić information content (AvgIpc) is 2.71. The van der Waals surface area contributed by atoms with Gasteiger partial charge in [-0.15, -0.1) is 0 Å². The van der Waals surface area contributed by atoms with Crippen molar-refractivity contribution in [3.63, 3.8) is 0 Å². The van der Waals surface area contributed by atoms with Gasteiger partial charge in [-0.1, -0.05) is 6.42 Å². The molecule has 1 saturated carbocycles. The van der Waals surface area contributed by atoms with E-state index in [2.05, 4.69) is 4.98 Å². The van der Waals surface area contributed by atoms with E-state index in [0.29, 0.717) is 12.4 Å². The van der Waals surface area contributed by atoms with E-state index in [1.165, 1.54) is 16.7 Å². The van der Waals surface area contributed by atoms with Crippen molar-refractivity contribution in [2.24, 2.45) is 5.73 Å². The second-order valence-electron chi connectivity index (χ2n) is 5.09. The van der Waals surface area contributed by atoms with E-state index in [1.807, 2.05) is 0 Å². The van der Waals surface area contributed by atoms with Crippen LogP contribution in [0.3, 0.4) is 0 Å². The third kappa shape index (κ3) is 1.74. The number of hydrogen-bond acceptors (Lipinski definition) is 2. The Hall–Kier alpha value is -1.56. The fraction of sp³-hybridized carbons (Fsp3) is 0.462. The molecule has 0 unspecified atom stereocenters. The second-order valence-corrected chi connectivity index (χ2v) is 5.09. The smallest absolute Gasteiger partial charge is 0.329 e. The second kappa shape index (κ2) is 3.96. The topological polar surface area (TPSA) is 43.3 Å². The number of nitrogens with zero attached hydrogens (tertiary/aromatic N) is 2. The normalized spacial score (nSPS) is 18.5. The molecule has 3 rings (SSSR count). The molecule has 2 N–H and O–H groups in total. The van der Waals surface area contributed by atoms with Crippen LogP contribution in [-0.2, 0) is 11.6 Å². The van der Waals surface area contributed by atoms with E-state index in [0.717, 1.165) is 25.3 Å². The maximum Gasteiger partial charge on any atom is 0.418 e. The SMILES string of the molecule is NCC1(c2ncc3c(C(F)(F)F)cccn23)CCC1. The third-order valence-corrected chi connectivity index (χ3v) is 4.05. The van der Waals surface area contributed by atoms with Crippen LogP contribution in [-0.4, -0.2) is 15.9 Å². The van der Waals surface area contributed by atoms with Gasteiger partial charge in [0.15, 0.2) is 0 Å². The zero-order valence-corrected chi connectivity index (χ0v) is 10.2. The molecule has 2 heterocycles. The quantitative estimate of drug-likeness (QED) is 0.911. The largest absolute Gasteiger partial charge is 0.418 e. The highest BCUT2D eigenvalue weighted by Gasteiger charge is 2.42. The molecule has 19 heavy (non-hydrogen) atoms. The number of rotatable bonds is 2. The number of pyridine rings is 1. The summed E-state index contributed by atoms with van der Waals surface area (Å²) in [7, 11) is 0. The number of alkyl halides is 3. The first-order valence-corrected chi connectivity index (χ1v) is 6.22. The number of halogens is 3. The van der Waals surface area contributed by atoms with Crippen molar-refractivity contribution in [2.45, 2.75) is 30.9 Å². The minimum absolute atomic E-state index is 0.102. The molecule has 0 spiro atoms. The standard InChI is InChI=1S/C13H14F3N3/c14-13(15,16)9-3-1-6-19-10(9)7-18-11(19)12(8-17)4-2-5-12/h1,3,6-7H,2,4-5,8,17H2. The van der Waals surface area contributed by atoms with Gasteiger partial charge in [-0.2, -0.15) is 13.2 Å². The van der Waals surface area contributed by atoms with Crippen LogP contribution in [0.1, 0.15) is 30.7 Å². The zero-order chi connectivity index (χ0) is 13.7. The number of hydrogen-bond donors (Lipinski definition) is 1. The molecule has 1 fully saturated rings. The minimum Gasteiger partial charge on any atom is -0.329 e. The Morgan fingerprint density at radius 3 is 2.63 bits per heavy atom. The summed E-state index contributed by atoms with van der Waals surface area (Å²) in [6, 6.07) is 2.49. The van der Waals surface area contributed by atoms with Gasteiger partial charge in [-0.25, -0.2) is 4.98 Å².